The number of nitro groups is 1. The summed E-state index contributed by atoms with van der Waals surface area (Å²) < 4.78 is 0. The number of rotatable bonds is 3. The van der Waals surface area contributed by atoms with Gasteiger partial charge in [0.25, 0.3) is 5.69 Å². The lowest BCUT2D eigenvalue weighted by atomic mass is 10.1. The molecule has 1 aromatic carbocycles. The molecule has 0 aliphatic rings. The van der Waals surface area contributed by atoms with Crippen LogP contribution in [0.15, 0.2) is 12.1 Å². The Balaban J connectivity index is 3.17. The number of hydrogen-bond acceptors (Lipinski definition) is 3. The molecule has 0 radical (unpaired) electrons. The zero-order valence-electron chi connectivity index (χ0n) is 9.50. The van der Waals surface area contributed by atoms with Gasteiger partial charge in [0.05, 0.1) is 4.92 Å². The lowest BCUT2D eigenvalue weighted by molar-refractivity contribution is -0.385. The number of aryl methyl sites for hydroxylation is 2. The van der Waals surface area contributed by atoms with Gasteiger partial charge in [-0.15, -0.1) is 0 Å². The molecule has 0 fully saturated rings. The molecule has 0 saturated carbocycles. The molecule has 0 aliphatic carbocycles. The van der Waals surface area contributed by atoms with Gasteiger partial charge in [0, 0.05) is 23.4 Å². The Labute approximate surface area is 89.5 Å². The number of benzene rings is 1. The van der Waals surface area contributed by atoms with Crippen LogP contribution in [0.2, 0.25) is 0 Å². The summed E-state index contributed by atoms with van der Waals surface area (Å²) in [5.74, 6) is 0. The van der Waals surface area contributed by atoms with Gasteiger partial charge in [0.1, 0.15) is 0 Å². The number of nitrogens with zero attached hydrogens (tertiary/aromatic N) is 1. The van der Waals surface area contributed by atoms with E-state index in [0.29, 0.717) is 5.56 Å². The van der Waals surface area contributed by atoms with Crippen LogP contribution in [0.1, 0.15) is 25.0 Å². The van der Waals surface area contributed by atoms with Crippen molar-refractivity contribution in [1.82, 2.24) is 0 Å². The van der Waals surface area contributed by atoms with E-state index in [0.717, 1.165) is 11.3 Å². The van der Waals surface area contributed by atoms with Crippen molar-refractivity contribution in [3.8, 4) is 0 Å². The van der Waals surface area contributed by atoms with E-state index in [1.54, 1.807) is 13.0 Å². The standard InChI is InChI=1S/C11H16N2O2/c1-7(2)12-10-6-11(13(14)15)9(4)5-8(10)3/h5-7,12H,1-4H3. The molecule has 0 aliphatic heterocycles. The van der Waals surface area contributed by atoms with Crippen molar-refractivity contribution in [1.29, 1.82) is 0 Å². The van der Waals surface area contributed by atoms with Gasteiger partial charge in [-0.2, -0.15) is 0 Å². The average molecular weight is 208 g/mol. The highest BCUT2D eigenvalue weighted by Gasteiger charge is 2.13. The summed E-state index contributed by atoms with van der Waals surface area (Å²) in [6.07, 6.45) is 0. The number of nitro benzene ring substituents is 1. The summed E-state index contributed by atoms with van der Waals surface area (Å²) in [5, 5.41) is 13.9. The van der Waals surface area contributed by atoms with Gasteiger partial charge in [-0.3, -0.25) is 10.1 Å². The molecule has 4 nitrogen and oxygen atoms in total. The molecule has 0 heterocycles. The maximum atomic E-state index is 10.7. The molecule has 0 saturated heterocycles. The Kier molecular flexibility index (Phi) is 3.29. The molecule has 4 heteroatoms. The van der Waals surface area contributed by atoms with Gasteiger partial charge >= 0.3 is 0 Å². The molecular weight excluding hydrogens is 192 g/mol. The molecule has 0 atom stereocenters. The van der Waals surface area contributed by atoms with Gasteiger partial charge in [0.15, 0.2) is 0 Å². The van der Waals surface area contributed by atoms with Crippen molar-refractivity contribution >= 4 is 11.4 Å². The Morgan fingerprint density at radius 3 is 2.33 bits per heavy atom. The molecule has 0 aromatic heterocycles. The third-order valence-corrected chi connectivity index (χ3v) is 2.18. The van der Waals surface area contributed by atoms with Crippen LogP contribution in [0.4, 0.5) is 11.4 Å². The normalized spacial score (nSPS) is 10.5. The zero-order chi connectivity index (χ0) is 11.6. The van der Waals surface area contributed by atoms with Crippen LogP contribution in [-0.2, 0) is 0 Å². The Morgan fingerprint density at radius 1 is 1.27 bits per heavy atom. The van der Waals surface area contributed by atoms with Crippen molar-refractivity contribution in [2.75, 3.05) is 5.32 Å². The average Bonchev–Trinajstić information content (AvgIpc) is 2.08. The van der Waals surface area contributed by atoms with E-state index in [1.807, 2.05) is 26.8 Å². The van der Waals surface area contributed by atoms with E-state index in [1.165, 1.54) is 0 Å². The van der Waals surface area contributed by atoms with Crippen molar-refractivity contribution in [3.05, 3.63) is 33.4 Å². The van der Waals surface area contributed by atoms with Gasteiger partial charge in [-0.25, -0.2) is 0 Å². The summed E-state index contributed by atoms with van der Waals surface area (Å²) >= 11 is 0. The Morgan fingerprint density at radius 2 is 1.87 bits per heavy atom. The molecule has 1 aromatic rings. The maximum Gasteiger partial charge on any atom is 0.274 e. The van der Waals surface area contributed by atoms with E-state index in [-0.39, 0.29) is 16.7 Å². The molecular formula is C11H16N2O2. The summed E-state index contributed by atoms with van der Waals surface area (Å²) in [6.45, 7) is 7.71. The van der Waals surface area contributed by atoms with Crippen molar-refractivity contribution in [3.63, 3.8) is 0 Å². The van der Waals surface area contributed by atoms with Crippen LogP contribution in [-0.4, -0.2) is 11.0 Å². The maximum absolute atomic E-state index is 10.7. The van der Waals surface area contributed by atoms with E-state index in [9.17, 15) is 10.1 Å². The van der Waals surface area contributed by atoms with E-state index < -0.39 is 0 Å². The largest absolute Gasteiger partial charge is 0.382 e. The Bertz CT molecular complexity index is 386. The van der Waals surface area contributed by atoms with Crippen LogP contribution in [0, 0.1) is 24.0 Å². The van der Waals surface area contributed by atoms with Crippen LogP contribution in [0.3, 0.4) is 0 Å². The van der Waals surface area contributed by atoms with Gasteiger partial charge in [-0.1, -0.05) is 0 Å². The smallest absolute Gasteiger partial charge is 0.274 e. The second-order valence-corrected chi connectivity index (χ2v) is 4.01. The van der Waals surface area contributed by atoms with E-state index in [4.69, 9.17) is 0 Å². The van der Waals surface area contributed by atoms with Gasteiger partial charge < -0.3 is 5.32 Å². The third-order valence-electron chi connectivity index (χ3n) is 2.18. The van der Waals surface area contributed by atoms with Gasteiger partial charge in [0.2, 0.25) is 0 Å². The van der Waals surface area contributed by atoms with Crippen molar-refractivity contribution in [2.24, 2.45) is 0 Å². The summed E-state index contributed by atoms with van der Waals surface area (Å²) in [6, 6.07) is 3.71. The SMILES string of the molecule is Cc1cc(C)c([N+](=O)[O-])cc1NC(C)C. The lowest BCUT2D eigenvalue weighted by Gasteiger charge is -2.13. The van der Waals surface area contributed by atoms with Crippen molar-refractivity contribution in [2.45, 2.75) is 33.7 Å². The van der Waals surface area contributed by atoms with Crippen molar-refractivity contribution < 1.29 is 4.92 Å². The minimum absolute atomic E-state index is 0.170. The molecule has 0 spiro atoms. The van der Waals surface area contributed by atoms with Crippen LogP contribution < -0.4 is 5.32 Å². The monoisotopic (exact) mass is 208 g/mol. The number of anilines is 1. The minimum Gasteiger partial charge on any atom is -0.382 e. The van der Waals surface area contributed by atoms with Gasteiger partial charge in [-0.05, 0) is 39.3 Å². The number of nitrogens with one attached hydrogen (secondary N) is 1. The first-order valence-corrected chi connectivity index (χ1v) is 4.94. The van der Waals surface area contributed by atoms with E-state index >= 15 is 0 Å². The zero-order valence-corrected chi connectivity index (χ0v) is 9.50. The summed E-state index contributed by atoms with van der Waals surface area (Å²) in [4.78, 5) is 10.4. The predicted molar refractivity (Wildman–Crippen MR) is 61.3 cm³/mol. The first kappa shape index (κ1) is 11.5. The second kappa shape index (κ2) is 4.29. The summed E-state index contributed by atoms with van der Waals surface area (Å²) in [5.41, 5.74) is 2.74. The molecule has 82 valence electrons. The highest BCUT2D eigenvalue weighted by molar-refractivity contribution is 5.60. The summed E-state index contributed by atoms with van der Waals surface area (Å²) in [7, 11) is 0. The Hall–Kier alpha value is -1.58. The fraction of sp³-hybridized carbons (Fsp3) is 0.455. The number of hydrogen-bond donors (Lipinski definition) is 1. The van der Waals surface area contributed by atoms with Crippen LogP contribution in [0.5, 0.6) is 0 Å². The van der Waals surface area contributed by atoms with Crippen LogP contribution in [0.25, 0.3) is 0 Å². The van der Waals surface area contributed by atoms with Crippen LogP contribution >= 0.6 is 0 Å². The molecule has 0 bridgehead atoms. The predicted octanol–water partition coefficient (Wildman–Crippen LogP) is 3.03. The molecule has 1 rings (SSSR count). The molecule has 15 heavy (non-hydrogen) atoms. The van der Waals surface area contributed by atoms with E-state index in [2.05, 4.69) is 5.32 Å². The minimum atomic E-state index is -0.347. The molecule has 0 amide bonds. The first-order chi connectivity index (χ1) is 6.91. The quantitative estimate of drug-likeness (QED) is 0.613. The highest BCUT2D eigenvalue weighted by atomic mass is 16.6. The lowest BCUT2D eigenvalue weighted by Crippen LogP contribution is -2.11. The molecule has 0 unspecified atom stereocenters. The highest BCUT2D eigenvalue weighted by Crippen LogP contribution is 2.26. The topological polar surface area (TPSA) is 55.2 Å². The fourth-order valence-corrected chi connectivity index (χ4v) is 1.50. The second-order valence-electron chi connectivity index (χ2n) is 4.01. The first-order valence-electron chi connectivity index (χ1n) is 4.94. The fourth-order valence-electron chi connectivity index (χ4n) is 1.50. The third kappa shape index (κ3) is 2.68. The molecule has 1 N–H and O–H groups in total.